The van der Waals surface area contributed by atoms with Gasteiger partial charge in [-0.2, -0.15) is 4.31 Å². The largest absolute Gasteiger partial charge is 0.333 e. The Morgan fingerprint density at radius 1 is 1.27 bits per heavy atom. The van der Waals surface area contributed by atoms with Crippen LogP contribution >= 0.6 is 0 Å². The quantitative estimate of drug-likeness (QED) is 0.835. The SMILES string of the molecule is CCC(=O)N1CCCC[C@H]1c1nc2c(c(=O)[nH]1)CCN(S(=O)(=O)CC)C2. The van der Waals surface area contributed by atoms with Crippen LogP contribution in [-0.4, -0.2) is 52.3 Å². The highest BCUT2D eigenvalue weighted by atomic mass is 32.2. The Morgan fingerprint density at radius 2 is 2.04 bits per heavy atom. The van der Waals surface area contributed by atoms with Gasteiger partial charge in [0.25, 0.3) is 5.56 Å². The molecule has 8 nitrogen and oxygen atoms in total. The van der Waals surface area contributed by atoms with Crippen molar-refractivity contribution in [1.82, 2.24) is 19.2 Å². The molecule has 0 aliphatic carbocycles. The van der Waals surface area contributed by atoms with Crippen molar-refractivity contribution >= 4 is 15.9 Å². The first-order valence-electron chi connectivity index (χ1n) is 9.26. The van der Waals surface area contributed by atoms with E-state index in [1.807, 2.05) is 6.92 Å². The molecule has 2 aliphatic rings. The predicted octanol–water partition coefficient (Wildman–Crippen LogP) is 0.941. The number of nitrogens with one attached hydrogen (secondary N) is 1. The number of nitrogens with zero attached hydrogens (tertiary/aromatic N) is 3. The normalized spacial score (nSPS) is 21.5. The molecule has 3 rings (SSSR count). The van der Waals surface area contributed by atoms with Gasteiger partial charge in [-0.15, -0.1) is 0 Å². The Hall–Kier alpha value is -1.74. The van der Waals surface area contributed by atoms with Crippen LogP contribution in [0.5, 0.6) is 0 Å². The van der Waals surface area contributed by atoms with Crippen LogP contribution in [0.4, 0.5) is 0 Å². The van der Waals surface area contributed by atoms with Gasteiger partial charge < -0.3 is 9.88 Å². The summed E-state index contributed by atoms with van der Waals surface area (Å²) in [7, 11) is -3.33. The number of aromatic amines is 1. The molecule has 1 fully saturated rings. The van der Waals surface area contributed by atoms with Crippen molar-refractivity contribution in [3.63, 3.8) is 0 Å². The fraction of sp³-hybridized carbons (Fsp3) is 0.706. The van der Waals surface area contributed by atoms with E-state index >= 15 is 0 Å². The number of aromatic nitrogens is 2. The second-order valence-electron chi connectivity index (χ2n) is 6.81. The van der Waals surface area contributed by atoms with Gasteiger partial charge in [-0.3, -0.25) is 9.59 Å². The summed E-state index contributed by atoms with van der Waals surface area (Å²) in [6, 6.07) is -0.243. The van der Waals surface area contributed by atoms with Crippen molar-refractivity contribution in [3.8, 4) is 0 Å². The van der Waals surface area contributed by atoms with E-state index in [2.05, 4.69) is 9.97 Å². The minimum absolute atomic E-state index is 0.0276. The number of sulfonamides is 1. The fourth-order valence-electron chi connectivity index (χ4n) is 3.73. The van der Waals surface area contributed by atoms with E-state index in [0.29, 0.717) is 43.0 Å². The average Bonchev–Trinajstić information content (AvgIpc) is 2.66. The molecule has 2 aliphatic heterocycles. The maximum Gasteiger partial charge on any atom is 0.254 e. The Kier molecular flexibility index (Phi) is 5.47. The molecule has 1 atom stereocenters. The van der Waals surface area contributed by atoms with Crippen molar-refractivity contribution in [2.24, 2.45) is 0 Å². The first kappa shape index (κ1) is 19.0. The fourth-order valence-corrected chi connectivity index (χ4v) is 4.78. The lowest BCUT2D eigenvalue weighted by atomic mass is 10.00. The van der Waals surface area contributed by atoms with Gasteiger partial charge in [0, 0.05) is 25.1 Å². The number of hydrogen-bond donors (Lipinski definition) is 1. The number of carbonyl (C=O) groups is 1. The third-order valence-corrected chi connectivity index (χ3v) is 7.08. The lowest BCUT2D eigenvalue weighted by Gasteiger charge is -2.35. The van der Waals surface area contributed by atoms with Crippen molar-refractivity contribution in [2.45, 2.75) is 58.5 Å². The molecular weight excluding hydrogens is 356 g/mol. The van der Waals surface area contributed by atoms with Crippen LogP contribution < -0.4 is 5.56 Å². The minimum Gasteiger partial charge on any atom is -0.333 e. The van der Waals surface area contributed by atoms with Crippen molar-refractivity contribution in [1.29, 1.82) is 0 Å². The predicted molar refractivity (Wildman–Crippen MR) is 97.0 cm³/mol. The number of hydrogen-bond acceptors (Lipinski definition) is 5. The average molecular weight is 382 g/mol. The summed E-state index contributed by atoms with van der Waals surface area (Å²) in [6.45, 7) is 4.52. The topological polar surface area (TPSA) is 103 Å². The third-order valence-electron chi connectivity index (χ3n) is 5.26. The molecule has 0 spiro atoms. The third kappa shape index (κ3) is 3.55. The van der Waals surface area contributed by atoms with Crippen molar-refractivity contribution in [3.05, 3.63) is 27.4 Å². The van der Waals surface area contributed by atoms with E-state index in [9.17, 15) is 18.0 Å². The number of piperidine rings is 1. The molecule has 1 saturated heterocycles. The number of fused-ring (bicyclic) bond motifs is 1. The summed E-state index contributed by atoms with van der Waals surface area (Å²) >= 11 is 0. The summed E-state index contributed by atoms with van der Waals surface area (Å²) in [5, 5.41) is 0. The van der Waals surface area contributed by atoms with Crippen LogP contribution in [0.15, 0.2) is 4.79 Å². The Balaban J connectivity index is 1.96. The summed E-state index contributed by atoms with van der Waals surface area (Å²) < 4.78 is 25.7. The number of H-pyrrole nitrogens is 1. The number of carbonyl (C=O) groups excluding carboxylic acids is 1. The van der Waals surface area contributed by atoms with Crippen molar-refractivity contribution < 1.29 is 13.2 Å². The van der Waals surface area contributed by atoms with E-state index in [0.717, 1.165) is 19.3 Å². The summed E-state index contributed by atoms with van der Waals surface area (Å²) in [5.74, 6) is 0.552. The molecule has 26 heavy (non-hydrogen) atoms. The lowest BCUT2D eigenvalue weighted by molar-refractivity contribution is -0.134. The Morgan fingerprint density at radius 3 is 2.73 bits per heavy atom. The molecule has 0 bridgehead atoms. The highest BCUT2D eigenvalue weighted by Gasteiger charge is 2.32. The van der Waals surface area contributed by atoms with E-state index in [1.165, 1.54) is 4.31 Å². The van der Waals surface area contributed by atoms with Crippen LogP contribution in [0.25, 0.3) is 0 Å². The van der Waals surface area contributed by atoms with Crippen LogP contribution in [0.2, 0.25) is 0 Å². The molecular formula is C17H26N4O4S. The first-order chi connectivity index (χ1) is 12.4. The number of likely N-dealkylation sites (tertiary alicyclic amines) is 1. The molecule has 3 heterocycles. The highest BCUT2D eigenvalue weighted by molar-refractivity contribution is 7.89. The van der Waals surface area contributed by atoms with Crippen molar-refractivity contribution in [2.75, 3.05) is 18.8 Å². The molecule has 1 N–H and O–H groups in total. The minimum atomic E-state index is -3.33. The zero-order chi connectivity index (χ0) is 18.9. The van der Waals surface area contributed by atoms with Gasteiger partial charge in [0.1, 0.15) is 5.82 Å². The first-order valence-corrected chi connectivity index (χ1v) is 10.9. The Labute approximate surface area is 153 Å². The van der Waals surface area contributed by atoms with Gasteiger partial charge >= 0.3 is 0 Å². The van der Waals surface area contributed by atoms with E-state index in [1.54, 1.807) is 11.8 Å². The van der Waals surface area contributed by atoms with E-state index in [-0.39, 0.29) is 29.8 Å². The maximum atomic E-state index is 12.5. The zero-order valence-corrected chi connectivity index (χ0v) is 16.1. The molecule has 1 amide bonds. The van der Waals surface area contributed by atoms with Crippen LogP contribution in [0.1, 0.15) is 62.7 Å². The lowest BCUT2D eigenvalue weighted by Crippen LogP contribution is -2.42. The molecule has 0 saturated carbocycles. The zero-order valence-electron chi connectivity index (χ0n) is 15.3. The second kappa shape index (κ2) is 7.48. The van der Waals surface area contributed by atoms with Crippen LogP contribution in [-0.2, 0) is 27.8 Å². The molecule has 144 valence electrons. The van der Waals surface area contributed by atoms with Crippen LogP contribution in [0.3, 0.4) is 0 Å². The smallest absolute Gasteiger partial charge is 0.254 e. The summed E-state index contributed by atoms with van der Waals surface area (Å²) in [6.07, 6.45) is 3.44. The second-order valence-corrected chi connectivity index (χ2v) is 9.07. The van der Waals surface area contributed by atoms with Gasteiger partial charge in [-0.1, -0.05) is 6.92 Å². The molecule has 1 aromatic rings. The summed E-state index contributed by atoms with van der Waals surface area (Å²) in [4.78, 5) is 34.0. The van der Waals surface area contributed by atoms with E-state index in [4.69, 9.17) is 0 Å². The van der Waals surface area contributed by atoms with Gasteiger partial charge in [-0.25, -0.2) is 13.4 Å². The van der Waals surface area contributed by atoms with Gasteiger partial charge in [0.2, 0.25) is 15.9 Å². The molecule has 0 aromatic carbocycles. The standard InChI is InChI=1S/C17H26N4O4S/c1-3-15(22)21-9-6-5-7-14(21)16-18-13-11-20(26(24,25)4-2)10-8-12(13)17(23)19-16/h14H,3-11H2,1-2H3,(H,18,19,23)/t14-/m0/s1. The molecule has 9 heteroatoms. The maximum absolute atomic E-state index is 12.5. The monoisotopic (exact) mass is 382 g/mol. The van der Waals surface area contributed by atoms with Gasteiger partial charge in [0.05, 0.1) is 24.0 Å². The Bertz CT molecular complexity index is 849. The van der Waals surface area contributed by atoms with E-state index < -0.39 is 10.0 Å². The van der Waals surface area contributed by atoms with Crippen LogP contribution in [0, 0.1) is 0 Å². The highest BCUT2D eigenvalue weighted by Crippen LogP contribution is 2.30. The number of amides is 1. The summed E-state index contributed by atoms with van der Waals surface area (Å²) in [5.41, 5.74) is 0.856. The van der Waals surface area contributed by atoms with Gasteiger partial charge in [-0.05, 0) is 32.6 Å². The molecule has 1 aromatic heterocycles. The molecule has 0 unspecified atom stereocenters. The number of rotatable bonds is 4. The molecule has 0 radical (unpaired) electrons. The van der Waals surface area contributed by atoms with Gasteiger partial charge in [0.15, 0.2) is 0 Å².